The number of likely N-dealkylation sites (tertiary alicyclic amines) is 2. The molecule has 0 radical (unpaired) electrons. The van der Waals surface area contributed by atoms with Gasteiger partial charge in [-0.25, -0.2) is 0 Å². The molecule has 2 N–H and O–H groups in total. The number of nitriles is 1. The SMILES string of the molecule is CC(=O)O.CC(=O)O.CN(C[C@@H](CCN1CC(N2CCC(=O)CC2)C1)c1ccc(Cl)c(Cl)c1)C(=O)c1cc(C#N)cc2ccccc12. The number of halogens is 2. The van der Waals surface area contributed by atoms with Crippen LogP contribution in [0.3, 0.4) is 0 Å². The Morgan fingerprint density at radius 2 is 1.60 bits per heavy atom. The maximum absolute atomic E-state index is 13.7. The number of hydrogen-bond donors (Lipinski definition) is 2. The summed E-state index contributed by atoms with van der Waals surface area (Å²) in [5.74, 6) is -1.35. The van der Waals surface area contributed by atoms with E-state index in [1.807, 2.05) is 55.6 Å². The van der Waals surface area contributed by atoms with Gasteiger partial charge in [0.1, 0.15) is 5.78 Å². The topological polar surface area (TPSA) is 142 Å². The molecule has 5 rings (SSSR count). The smallest absolute Gasteiger partial charge is 0.300 e. The van der Waals surface area contributed by atoms with Crippen molar-refractivity contribution in [1.29, 1.82) is 5.26 Å². The van der Waals surface area contributed by atoms with Crippen molar-refractivity contribution in [3.05, 3.63) is 81.3 Å². The first-order chi connectivity index (χ1) is 22.3. The largest absolute Gasteiger partial charge is 0.481 e. The van der Waals surface area contributed by atoms with Gasteiger partial charge < -0.3 is 20.0 Å². The first kappa shape index (κ1) is 37.4. The van der Waals surface area contributed by atoms with Gasteiger partial charge >= 0.3 is 0 Å². The third kappa shape index (κ3) is 11.3. The second-order valence-corrected chi connectivity index (χ2v) is 12.5. The van der Waals surface area contributed by atoms with Crippen molar-refractivity contribution in [3.63, 3.8) is 0 Å². The lowest BCUT2D eigenvalue weighted by molar-refractivity contribution is -0.135. The molecular formula is C35H40Cl2N4O6. The Balaban J connectivity index is 0.000000676. The molecule has 0 spiro atoms. The van der Waals surface area contributed by atoms with Crippen molar-refractivity contribution in [2.45, 2.75) is 45.1 Å². The number of benzene rings is 3. The molecule has 0 aromatic heterocycles. The van der Waals surface area contributed by atoms with Crippen LogP contribution in [-0.2, 0) is 14.4 Å². The van der Waals surface area contributed by atoms with Gasteiger partial charge in [0.15, 0.2) is 0 Å². The number of carboxylic acid groups (broad SMARTS) is 2. The van der Waals surface area contributed by atoms with Crippen molar-refractivity contribution < 1.29 is 29.4 Å². The van der Waals surface area contributed by atoms with Gasteiger partial charge in [0, 0.05) is 84.0 Å². The summed E-state index contributed by atoms with van der Waals surface area (Å²) in [5.41, 5.74) is 2.05. The average molecular weight is 684 g/mol. The van der Waals surface area contributed by atoms with Crippen molar-refractivity contribution in [2.75, 3.05) is 46.3 Å². The zero-order valence-electron chi connectivity index (χ0n) is 26.8. The lowest BCUT2D eigenvalue weighted by Gasteiger charge is -2.47. The van der Waals surface area contributed by atoms with Crippen molar-refractivity contribution in [1.82, 2.24) is 14.7 Å². The number of Topliss-reactive ketones (excluding diaryl/α,β-unsaturated/α-hetero) is 1. The van der Waals surface area contributed by atoms with Gasteiger partial charge in [-0.1, -0.05) is 53.5 Å². The fourth-order valence-corrected chi connectivity index (χ4v) is 6.04. The highest BCUT2D eigenvalue weighted by molar-refractivity contribution is 6.42. The fraction of sp³-hybridized carbons (Fsp3) is 0.400. The van der Waals surface area contributed by atoms with E-state index in [1.54, 1.807) is 11.0 Å². The summed E-state index contributed by atoms with van der Waals surface area (Å²) in [6.45, 7) is 7.33. The molecule has 3 aromatic carbocycles. The first-order valence-electron chi connectivity index (χ1n) is 15.3. The van der Waals surface area contributed by atoms with Crippen molar-refractivity contribution >= 4 is 57.6 Å². The summed E-state index contributed by atoms with van der Waals surface area (Å²) in [6.07, 6.45) is 2.20. The van der Waals surface area contributed by atoms with Gasteiger partial charge in [-0.15, -0.1) is 0 Å². The van der Waals surface area contributed by atoms with E-state index in [2.05, 4.69) is 15.9 Å². The summed E-state index contributed by atoms with van der Waals surface area (Å²) in [5, 5.41) is 27.1. The average Bonchev–Trinajstić information content (AvgIpc) is 3.00. The van der Waals surface area contributed by atoms with Crippen LogP contribution in [0, 0.1) is 11.3 Å². The van der Waals surface area contributed by atoms with Crippen LogP contribution in [0.2, 0.25) is 10.0 Å². The molecule has 250 valence electrons. The Hall–Kier alpha value is -4.01. The van der Waals surface area contributed by atoms with E-state index in [0.717, 1.165) is 69.3 Å². The van der Waals surface area contributed by atoms with Crippen LogP contribution in [0.15, 0.2) is 54.6 Å². The summed E-state index contributed by atoms with van der Waals surface area (Å²) < 4.78 is 0. The summed E-state index contributed by atoms with van der Waals surface area (Å²) in [4.78, 5) is 49.9. The molecule has 0 bridgehead atoms. The van der Waals surface area contributed by atoms with E-state index in [0.29, 0.717) is 52.4 Å². The number of rotatable bonds is 8. The number of piperidine rings is 1. The van der Waals surface area contributed by atoms with E-state index >= 15 is 0 Å². The molecule has 2 saturated heterocycles. The zero-order chi connectivity index (χ0) is 34.7. The number of carbonyl (C=O) groups is 4. The molecule has 12 heteroatoms. The highest BCUT2D eigenvalue weighted by Gasteiger charge is 2.33. The molecule has 47 heavy (non-hydrogen) atoms. The molecule has 0 unspecified atom stereocenters. The Labute approximate surface area is 285 Å². The number of carboxylic acids is 2. The van der Waals surface area contributed by atoms with Crippen molar-refractivity contribution in [3.8, 4) is 6.07 Å². The number of nitrogens with zero attached hydrogens (tertiary/aromatic N) is 4. The number of carbonyl (C=O) groups excluding carboxylic acids is 2. The standard InChI is InChI=1S/C31H32Cl2N4O2.2C2H4O2/c1-35(31(39)28-15-21(17-34)14-23-4-2-3-5-27(23)28)18-24(22-6-7-29(32)30(33)16-22)8-11-36-19-25(20-36)37-12-9-26(38)10-13-37;2*1-2(3)4/h2-7,14-16,24-25H,8-13,18-20H2,1H3;2*1H3,(H,3,4)/t24-;;/m1../s1. The van der Waals surface area contributed by atoms with Crippen molar-refractivity contribution in [2.24, 2.45) is 0 Å². The third-order valence-electron chi connectivity index (χ3n) is 8.08. The Morgan fingerprint density at radius 3 is 2.19 bits per heavy atom. The fourth-order valence-electron chi connectivity index (χ4n) is 5.73. The maximum Gasteiger partial charge on any atom is 0.300 e. The predicted molar refractivity (Wildman–Crippen MR) is 182 cm³/mol. The predicted octanol–water partition coefficient (Wildman–Crippen LogP) is 5.80. The molecule has 0 saturated carbocycles. The normalized spacial score (nSPS) is 15.6. The molecule has 2 aliphatic heterocycles. The molecule has 10 nitrogen and oxygen atoms in total. The molecule has 0 aliphatic carbocycles. The Kier molecular flexibility index (Phi) is 14.2. The zero-order valence-corrected chi connectivity index (χ0v) is 28.3. The molecule has 2 aliphatic rings. The molecule has 3 aromatic rings. The molecule has 2 fully saturated rings. The maximum atomic E-state index is 13.7. The molecular weight excluding hydrogens is 643 g/mol. The van der Waals surface area contributed by atoms with E-state index in [1.165, 1.54) is 0 Å². The van der Waals surface area contributed by atoms with Crippen LogP contribution in [0.4, 0.5) is 0 Å². The van der Waals surface area contributed by atoms with Crippen LogP contribution in [0.5, 0.6) is 0 Å². The minimum atomic E-state index is -0.833. The number of ketones is 1. The van der Waals surface area contributed by atoms with Crippen LogP contribution >= 0.6 is 23.2 Å². The van der Waals surface area contributed by atoms with Crippen LogP contribution in [0.1, 0.15) is 60.5 Å². The number of fused-ring (bicyclic) bond motifs is 1. The third-order valence-corrected chi connectivity index (χ3v) is 8.82. The van der Waals surface area contributed by atoms with Crippen LogP contribution in [0.25, 0.3) is 10.8 Å². The van der Waals surface area contributed by atoms with Crippen LogP contribution < -0.4 is 0 Å². The van der Waals surface area contributed by atoms with E-state index in [4.69, 9.17) is 43.0 Å². The number of aliphatic carboxylic acids is 2. The summed E-state index contributed by atoms with van der Waals surface area (Å²) >= 11 is 12.6. The quantitative estimate of drug-likeness (QED) is 0.302. The Morgan fingerprint density at radius 1 is 0.979 bits per heavy atom. The van der Waals surface area contributed by atoms with E-state index in [9.17, 15) is 14.9 Å². The molecule has 1 amide bonds. The Bertz CT molecular complexity index is 1610. The van der Waals surface area contributed by atoms with Gasteiger partial charge in [0.05, 0.1) is 21.7 Å². The summed E-state index contributed by atoms with van der Waals surface area (Å²) in [6, 6.07) is 19.6. The van der Waals surface area contributed by atoms with E-state index in [-0.39, 0.29) is 11.8 Å². The highest BCUT2D eigenvalue weighted by atomic mass is 35.5. The molecule has 2 heterocycles. The number of likely N-dealkylation sites (N-methyl/N-ethyl adjacent to an activating group) is 1. The van der Waals surface area contributed by atoms with E-state index < -0.39 is 11.9 Å². The lowest BCUT2D eigenvalue weighted by Crippen LogP contribution is -2.60. The molecule has 1 atom stereocenters. The van der Waals surface area contributed by atoms with Gasteiger partial charge in [-0.05, 0) is 53.6 Å². The summed E-state index contributed by atoms with van der Waals surface area (Å²) in [7, 11) is 1.82. The first-order valence-corrected chi connectivity index (χ1v) is 16.0. The number of amides is 1. The second kappa shape index (κ2) is 17.8. The minimum absolute atomic E-state index is 0.0609. The number of hydrogen-bond acceptors (Lipinski definition) is 7. The minimum Gasteiger partial charge on any atom is -0.481 e. The van der Waals surface area contributed by atoms with Crippen LogP contribution in [-0.4, -0.2) is 101 Å². The highest BCUT2D eigenvalue weighted by Crippen LogP contribution is 2.31. The van der Waals surface area contributed by atoms with Gasteiger partial charge in [-0.3, -0.25) is 24.1 Å². The second-order valence-electron chi connectivity index (χ2n) is 11.7. The van der Waals surface area contributed by atoms with Gasteiger partial charge in [0.25, 0.3) is 17.8 Å². The van der Waals surface area contributed by atoms with Gasteiger partial charge in [-0.2, -0.15) is 5.26 Å². The monoisotopic (exact) mass is 682 g/mol. The lowest BCUT2D eigenvalue weighted by atomic mass is 9.93. The van der Waals surface area contributed by atoms with Gasteiger partial charge in [0.2, 0.25) is 0 Å².